The summed E-state index contributed by atoms with van der Waals surface area (Å²) in [5, 5.41) is 17.9. The maximum Gasteiger partial charge on any atom is 0.325 e. The highest BCUT2D eigenvalue weighted by Gasteiger charge is 2.30. The number of benzene rings is 1. The molecular weight excluding hydrogens is 504 g/mol. The van der Waals surface area contributed by atoms with Crippen LogP contribution >= 0.6 is 0 Å². The van der Waals surface area contributed by atoms with Crippen LogP contribution in [0.5, 0.6) is 0 Å². The number of carbonyl (C=O) groups is 4. The number of carboxylic acids is 1. The fraction of sp³-hybridized carbons (Fsp3) is 0.423. The molecule has 0 aliphatic carbocycles. The zero-order chi connectivity index (χ0) is 28.4. The number of rotatable bonds is 15. The van der Waals surface area contributed by atoms with Gasteiger partial charge in [0.1, 0.15) is 18.1 Å². The lowest BCUT2D eigenvalue weighted by atomic mass is 10.0. The number of carboxylic acid groups (broad SMARTS) is 1. The molecule has 0 fully saturated rings. The first-order valence-corrected chi connectivity index (χ1v) is 12.8. The molecule has 2 heterocycles. The minimum absolute atomic E-state index is 0.126. The molecule has 1 aromatic carbocycles. The number of amides is 3. The quantitative estimate of drug-likeness (QED) is 0.119. The van der Waals surface area contributed by atoms with Gasteiger partial charge >= 0.3 is 5.97 Å². The topological polar surface area (TPSA) is 221 Å². The SMILES string of the molecule is CC(NC(=O)C(CCCCN)NC(=O)C(Cc1c[nH]c2ccccc12)NC(=O)C(N)Cc1cnc[nH]1)C(=O)O. The van der Waals surface area contributed by atoms with Crippen LogP contribution in [0, 0.1) is 0 Å². The molecule has 0 aliphatic rings. The normalized spacial score (nSPS) is 14.2. The van der Waals surface area contributed by atoms with Crippen molar-refractivity contribution in [2.75, 3.05) is 6.54 Å². The number of unbranched alkanes of at least 4 members (excludes halogenated alkanes) is 1. The maximum atomic E-state index is 13.5. The smallest absolute Gasteiger partial charge is 0.325 e. The number of carbonyl (C=O) groups excluding carboxylic acids is 3. The summed E-state index contributed by atoms with van der Waals surface area (Å²) in [4.78, 5) is 60.6. The van der Waals surface area contributed by atoms with E-state index in [0.29, 0.717) is 25.1 Å². The molecule has 4 atom stereocenters. The minimum atomic E-state index is -1.20. The highest BCUT2D eigenvalue weighted by atomic mass is 16.4. The largest absolute Gasteiger partial charge is 0.480 e. The Labute approximate surface area is 225 Å². The van der Waals surface area contributed by atoms with E-state index in [4.69, 9.17) is 11.5 Å². The number of para-hydroxylation sites is 1. The van der Waals surface area contributed by atoms with Gasteiger partial charge in [0, 0.05) is 41.8 Å². The molecule has 210 valence electrons. The third-order valence-electron chi connectivity index (χ3n) is 6.37. The lowest BCUT2D eigenvalue weighted by Crippen LogP contribution is -2.57. The van der Waals surface area contributed by atoms with Gasteiger partial charge in [-0.2, -0.15) is 0 Å². The van der Waals surface area contributed by atoms with Crippen LogP contribution in [-0.2, 0) is 32.0 Å². The third-order valence-corrected chi connectivity index (χ3v) is 6.37. The van der Waals surface area contributed by atoms with Crippen molar-refractivity contribution in [2.45, 2.75) is 63.2 Å². The van der Waals surface area contributed by atoms with Gasteiger partial charge in [-0.3, -0.25) is 19.2 Å². The van der Waals surface area contributed by atoms with Gasteiger partial charge in [-0.05, 0) is 44.4 Å². The molecule has 13 nitrogen and oxygen atoms in total. The number of nitrogens with one attached hydrogen (secondary N) is 5. The molecule has 0 spiro atoms. The average molecular weight is 541 g/mol. The van der Waals surface area contributed by atoms with Crippen molar-refractivity contribution in [1.82, 2.24) is 30.9 Å². The zero-order valence-corrected chi connectivity index (χ0v) is 21.8. The summed E-state index contributed by atoms with van der Waals surface area (Å²) in [7, 11) is 0. The van der Waals surface area contributed by atoms with Crippen LogP contribution in [0.15, 0.2) is 43.0 Å². The van der Waals surface area contributed by atoms with Crippen LogP contribution < -0.4 is 27.4 Å². The average Bonchev–Trinajstić information content (AvgIpc) is 3.57. The number of nitrogens with two attached hydrogens (primary N) is 2. The van der Waals surface area contributed by atoms with Gasteiger partial charge in [-0.15, -0.1) is 0 Å². The van der Waals surface area contributed by atoms with Crippen LogP contribution in [0.2, 0.25) is 0 Å². The molecule has 3 amide bonds. The van der Waals surface area contributed by atoms with Crippen molar-refractivity contribution in [2.24, 2.45) is 11.5 Å². The summed E-state index contributed by atoms with van der Waals surface area (Å²) in [6.07, 6.45) is 6.51. The molecule has 3 rings (SSSR count). The van der Waals surface area contributed by atoms with Crippen molar-refractivity contribution in [3.05, 3.63) is 54.2 Å². The third kappa shape index (κ3) is 8.38. The molecule has 10 N–H and O–H groups in total. The Morgan fingerprint density at radius 2 is 1.69 bits per heavy atom. The number of aromatic nitrogens is 3. The second-order valence-electron chi connectivity index (χ2n) is 9.43. The number of H-pyrrole nitrogens is 2. The van der Waals surface area contributed by atoms with Crippen LogP contribution in [0.4, 0.5) is 0 Å². The van der Waals surface area contributed by atoms with Gasteiger partial charge in [0.25, 0.3) is 0 Å². The van der Waals surface area contributed by atoms with Gasteiger partial charge in [-0.25, -0.2) is 4.98 Å². The van der Waals surface area contributed by atoms with Gasteiger partial charge in [-0.1, -0.05) is 18.2 Å². The number of nitrogens with zero attached hydrogens (tertiary/aromatic N) is 1. The number of imidazole rings is 1. The monoisotopic (exact) mass is 540 g/mol. The number of fused-ring (bicyclic) bond motifs is 1. The molecule has 2 aromatic heterocycles. The van der Waals surface area contributed by atoms with E-state index in [0.717, 1.165) is 16.5 Å². The Balaban J connectivity index is 1.80. The summed E-state index contributed by atoms with van der Waals surface area (Å²) in [5.74, 6) is -2.99. The molecule has 13 heteroatoms. The van der Waals surface area contributed by atoms with Gasteiger partial charge in [0.2, 0.25) is 17.7 Å². The first kappa shape index (κ1) is 29.3. The Morgan fingerprint density at radius 1 is 0.974 bits per heavy atom. The van der Waals surface area contributed by atoms with Crippen molar-refractivity contribution in [3.8, 4) is 0 Å². The Hall–Kier alpha value is -4.23. The van der Waals surface area contributed by atoms with Gasteiger partial charge in [0.05, 0.1) is 12.4 Å². The molecule has 0 saturated carbocycles. The summed E-state index contributed by atoms with van der Waals surface area (Å²) in [6, 6.07) is 3.36. The molecule has 0 aliphatic heterocycles. The van der Waals surface area contributed by atoms with E-state index in [9.17, 15) is 24.3 Å². The Morgan fingerprint density at radius 3 is 2.38 bits per heavy atom. The lowest BCUT2D eigenvalue weighted by molar-refractivity contribution is -0.141. The second kappa shape index (κ2) is 14.1. The molecule has 0 saturated heterocycles. The minimum Gasteiger partial charge on any atom is -0.480 e. The van der Waals surface area contributed by atoms with E-state index >= 15 is 0 Å². The first-order valence-electron chi connectivity index (χ1n) is 12.8. The highest BCUT2D eigenvalue weighted by Crippen LogP contribution is 2.19. The van der Waals surface area contributed by atoms with Crippen molar-refractivity contribution >= 4 is 34.6 Å². The second-order valence-corrected chi connectivity index (χ2v) is 9.43. The van der Waals surface area contributed by atoms with Crippen LogP contribution in [0.1, 0.15) is 37.4 Å². The molecular formula is C26H36N8O5. The molecule has 3 aromatic rings. The first-order chi connectivity index (χ1) is 18.7. The predicted octanol–water partition coefficient (Wildman–Crippen LogP) is -0.309. The summed E-state index contributed by atoms with van der Waals surface area (Å²) in [5.41, 5.74) is 14.0. The van der Waals surface area contributed by atoms with E-state index in [1.54, 1.807) is 12.4 Å². The Bertz CT molecular complexity index is 1260. The number of hydrogen-bond acceptors (Lipinski definition) is 7. The van der Waals surface area contributed by atoms with Crippen LogP contribution in [0.3, 0.4) is 0 Å². The molecule has 4 unspecified atom stereocenters. The zero-order valence-electron chi connectivity index (χ0n) is 21.8. The standard InChI is InChI=1S/C26H36N8O5/c1-15(26(38)39)32-24(36)21(8-4-5-9-27)33-25(37)22(10-16-12-30-20-7-3-2-6-18(16)20)34-23(35)19(28)11-17-13-29-14-31-17/h2-3,6-7,12-15,19,21-22,30H,4-5,8-11,27-28H2,1H3,(H,29,31)(H,32,36)(H,33,37)(H,34,35)(H,38,39). The lowest BCUT2D eigenvalue weighted by Gasteiger charge is -2.25. The van der Waals surface area contributed by atoms with Crippen molar-refractivity contribution in [3.63, 3.8) is 0 Å². The maximum absolute atomic E-state index is 13.5. The van der Waals surface area contributed by atoms with E-state index < -0.39 is 47.9 Å². The van der Waals surface area contributed by atoms with E-state index in [1.807, 2.05) is 24.3 Å². The van der Waals surface area contributed by atoms with Crippen molar-refractivity contribution in [1.29, 1.82) is 0 Å². The summed E-state index contributed by atoms with van der Waals surface area (Å²) < 4.78 is 0. The fourth-order valence-corrected chi connectivity index (χ4v) is 4.14. The molecule has 39 heavy (non-hydrogen) atoms. The Kier molecular flexibility index (Phi) is 10.6. The molecule has 0 radical (unpaired) electrons. The fourth-order valence-electron chi connectivity index (χ4n) is 4.14. The van der Waals surface area contributed by atoms with E-state index in [-0.39, 0.29) is 19.3 Å². The van der Waals surface area contributed by atoms with Crippen molar-refractivity contribution < 1.29 is 24.3 Å². The number of hydrogen-bond donors (Lipinski definition) is 8. The number of aliphatic carboxylic acids is 1. The summed E-state index contributed by atoms with van der Waals surface area (Å²) in [6.45, 7) is 1.74. The van der Waals surface area contributed by atoms with E-state index in [2.05, 4.69) is 30.9 Å². The van der Waals surface area contributed by atoms with Crippen LogP contribution in [-0.4, -0.2) is 74.5 Å². The highest BCUT2D eigenvalue weighted by molar-refractivity contribution is 5.94. The van der Waals surface area contributed by atoms with Crippen LogP contribution in [0.25, 0.3) is 10.9 Å². The van der Waals surface area contributed by atoms with Gasteiger partial charge in [0.15, 0.2) is 0 Å². The van der Waals surface area contributed by atoms with E-state index in [1.165, 1.54) is 13.3 Å². The number of aromatic amines is 2. The molecule has 0 bridgehead atoms. The van der Waals surface area contributed by atoms with Gasteiger partial charge < -0.3 is 42.5 Å². The summed E-state index contributed by atoms with van der Waals surface area (Å²) >= 11 is 0. The predicted molar refractivity (Wildman–Crippen MR) is 144 cm³/mol.